The molecule has 0 saturated heterocycles. The molecule has 6 heteroatoms. The van der Waals surface area contributed by atoms with Gasteiger partial charge in [0.05, 0.1) is 23.9 Å². The van der Waals surface area contributed by atoms with Gasteiger partial charge in [0.1, 0.15) is 5.82 Å². The lowest BCUT2D eigenvalue weighted by atomic mass is 10.2. The Morgan fingerprint density at radius 3 is 2.86 bits per heavy atom. The van der Waals surface area contributed by atoms with Gasteiger partial charge in [-0.3, -0.25) is 0 Å². The minimum atomic E-state index is 0.724. The van der Waals surface area contributed by atoms with E-state index in [1.807, 2.05) is 26.2 Å². The van der Waals surface area contributed by atoms with Gasteiger partial charge in [-0.05, 0) is 18.6 Å². The monoisotopic (exact) mass is 306 g/mol. The maximum Gasteiger partial charge on any atom is 0.128 e. The highest BCUT2D eigenvalue weighted by atomic mass is 32.1. The first kappa shape index (κ1) is 15.9. The van der Waals surface area contributed by atoms with Crippen LogP contribution in [0.25, 0.3) is 0 Å². The van der Waals surface area contributed by atoms with E-state index in [1.165, 1.54) is 5.56 Å². The standard InChI is InChI=1S/C15H22N4OS/c1-12-18-14(11-21-12)10-19(2)15-5-4-13(9-17-15)8-16-6-7-20-3/h4-5,9,11,16H,6-8,10H2,1-3H3. The number of rotatable bonds is 8. The first-order valence-corrected chi connectivity index (χ1v) is 7.83. The molecule has 2 rings (SSSR count). The molecule has 0 spiro atoms. The summed E-state index contributed by atoms with van der Waals surface area (Å²) in [6.07, 6.45) is 1.91. The molecule has 0 aromatic carbocycles. The molecule has 0 bridgehead atoms. The Kier molecular flexibility index (Phi) is 6.10. The fourth-order valence-electron chi connectivity index (χ4n) is 1.96. The van der Waals surface area contributed by atoms with Crippen molar-refractivity contribution in [2.45, 2.75) is 20.0 Å². The molecule has 21 heavy (non-hydrogen) atoms. The van der Waals surface area contributed by atoms with Gasteiger partial charge in [0.15, 0.2) is 0 Å². The van der Waals surface area contributed by atoms with Gasteiger partial charge in [0.25, 0.3) is 0 Å². The summed E-state index contributed by atoms with van der Waals surface area (Å²) in [5.41, 5.74) is 2.26. The van der Waals surface area contributed by atoms with E-state index in [0.717, 1.165) is 42.8 Å². The average molecular weight is 306 g/mol. The van der Waals surface area contributed by atoms with E-state index in [0.29, 0.717) is 0 Å². The van der Waals surface area contributed by atoms with Crippen molar-refractivity contribution in [3.05, 3.63) is 40.0 Å². The van der Waals surface area contributed by atoms with Crippen LogP contribution in [-0.2, 0) is 17.8 Å². The molecule has 2 heterocycles. The van der Waals surface area contributed by atoms with Crippen LogP contribution in [-0.4, -0.2) is 37.3 Å². The number of aryl methyl sites for hydroxylation is 1. The summed E-state index contributed by atoms with van der Waals surface area (Å²) in [5.74, 6) is 0.960. The van der Waals surface area contributed by atoms with Crippen LogP contribution in [0, 0.1) is 6.92 Å². The number of pyridine rings is 1. The lowest BCUT2D eigenvalue weighted by Crippen LogP contribution is -2.20. The van der Waals surface area contributed by atoms with Crippen molar-refractivity contribution >= 4 is 17.2 Å². The third-order valence-electron chi connectivity index (χ3n) is 3.08. The number of methoxy groups -OCH3 is 1. The molecule has 0 atom stereocenters. The highest BCUT2D eigenvalue weighted by Crippen LogP contribution is 2.15. The molecule has 2 aromatic rings. The van der Waals surface area contributed by atoms with E-state index in [1.54, 1.807) is 18.4 Å². The second kappa shape index (κ2) is 8.07. The van der Waals surface area contributed by atoms with Gasteiger partial charge in [-0.1, -0.05) is 6.07 Å². The zero-order valence-electron chi connectivity index (χ0n) is 12.8. The number of hydrogen-bond donors (Lipinski definition) is 1. The highest BCUT2D eigenvalue weighted by molar-refractivity contribution is 7.09. The largest absolute Gasteiger partial charge is 0.383 e. The van der Waals surface area contributed by atoms with Crippen LogP contribution in [0.4, 0.5) is 5.82 Å². The van der Waals surface area contributed by atoms with Crippen LogP contribution >= 0.6 is 11.3 Å². The number of nitrogens with zero attached hydrogens (tertiary/aromatic N) is 3. The zero-order chi connectivity index (χ0) is 15.1. The van der Waals surface area contributed by atoms with Gasteiger partial charge in [0.2, 0.25) is 0 Å². The third-order valence-corrected chi connectivity index (χ3v) is 3.90. The van der Waals surface area contributed by atoms with Crippen LogP contribution < -0.4 is 10.2 Å². The second-order valence-electron chi connectivity index (χ2n) is 4.91. The summed E-state index contributed by atoms with van der Waals surface area (Å²) in [5, 5.41) is 6.50. The molecular weight excluding hydrogens is 284 g/mol. The zero-order valence-corrected chi connectivity index (χ0v) is 13.6. The van der Waals surface area contributed by atoms with Crippen LogP contribution in [0.2, 0.25) is 0 Å². The van der Waals surface area contributed by atoms with Crippen molar-refractivity contribution in [1.29, 1.82) is 0 Å². The second-order valence-corrected chi connectivity index (χ2v) is 5.97. The van der Waals surface area contributed by atoms with Crippen molar-refractivity contribution < 1.29 is 4.74 Å². The molecule has 5 nitrogen and oxygen atoms in total. The van der Waals surface area contributed by atoms with Crippen molar-refractivity contribution in [1.82, 2.24) is 15.3 Å². The number of aromatic nitrogens is 2. The Bertz CT molecular complexity index is 541. The first-order chi connectivity index (χ1) is 10.2. The van der Waals surface area contributed by atoms with Gasteiger partial charge < -0.3 is 15.0 Å². The molecule has 0 saturated carbocycles. The molecule has 0 radical (unpaired) electrons. The summed E-state index contributed by atoms with van der Waals surface area (Å²) in [6.45, 7) is 5.19. The molecule has 1 N–H and O–H groups in total. The van der Waals surface area contributed by atoms with E-state index >= 15 is 0 Å². The summed E-state index contributed by atoms with van der Waals surface area (Å²) in [7, 11) is 3.74. The average Bonchev–Trinajstić information content (AvgIpc) is 2.89. The Hall–Kier alpha value is -1.50. The summed E-state index contributed by atoms with van der Waals surface area (Å²) in [4.78, 5) is 11.1. The van der Waals surface area contributed by atoms with Crippen LogP contribution in [0.3, 0.4) is 0 Å². The fourth-order valence-corrected chi connectivity index (χ4v) is 2.56. The van der Waals surface area contributed by atoms with Gasteiger partial charge >= 0.3 is 0 Å². The molecule has 0 amide bonds. The molecule has 0 aliphatic carbocycles. The molecule has 0 aliphatic heterocycles. The number of anilines is 1. The summed E-state index contributed by atoms with van der Waals surface area (Å²) < 4.78 is 5.00. The number of nitrogens with one attached hydrogen (secondary N) is 1. The van der Waals surface area contributed by atoms with Crippen molar-refractivity contribution in [3.8, 4) is 0 Å². The van der Waals surface area contributed by atoms with E-state index in [4.69, 9.17) is 4.74 Å². The van der Waals surface area contributed by atoms with Crippen molar-refractivity contribution in [3.63, 3.8) is 0 Å². The molecular formula is C15H22N4OS. The molecule has 0 unspecified atom stereocenters. The fraction of sp³-hybridized carbons (Fsp3) is 0.467. The number of ether oxygens (including phenoxy) is 1. The van der Waals surface area contributed by atoms with Crippen LogP contribution in [0.1, 0.15) is 16.3 Å². The lowest BCUT2D eigenvalue weighted by Gasteiger charge is -2.17. The van der Waals surface area contributed by atoms with E-state index in [-0.39, 0.29) is 0 Å². The molecule has 114 valence electrons. The quantitative estimate of drug-likeness (QED) is 0.758. The van der Waals surface area contributed by atoms with Gasteiger partial charge in [0, 0.05) is 38.8 Å². The summed E-state index contributed by atoms with van der Waals surface area (Å²) >= 11 is 1.68. The normalized spacial score (nSPS) is 10.8. The minimum absolute atomic E-state index is 0.724. The molecule has 2 aromatic heterocycles. The topological polar surface area (TPSA) is 50.3 Å². The van der Waals surface area contributed by atoms with Crippen molar-refractivity contribution in [2.75, 3.05) is 32.2 Å². The highest BCUT2D eigenvalue weighted by Gasteiger charge is 2.06. The lowest BCUT2D eigenvalue weighted by molar-refractivity contribution is 0.199. The van der Waals surface area contributed by atoms with Crippen LogP contribution in [0.5, 0.6) is 0 Å². The minimum Gasteiger partial charge on any atom is -0.383 e. The van der Waals surface area contributed by atoms with Gasteiger partial charge in [-0.25, -0.2) is 9.97 Å². The number of thiazole rings is 1. The molecule has 0 aliphatic rings. The predicted molar refractivity (Wildman–Crippen MR) is 86.8 cm³/mol. The van der Waals surface area contributed by atoms with Crippen LogP contribution in [0.15, 0.2) is 23.7 Å². The smallest absolute Gasteiger partial charge is 0.128 e. The van der Waals surface area contributed by atoms with E-state index in [9.17, 15) is 0 Å². The van der Waals surface area contributed by atoms with Gasteiger partial charge in [-0.15, -0.1) is 11.3 Å². The Morgan fingerprint density at radius 2 is 2.24 bits per heavy atom. The predicted octanol–water partition coefficient (Wildman–Crippen LogP) is 2.22. The molecule has 0 fully saturated rings. The Morgan fingerprint density at radius 1 is 1.38 bits per heavy atom. The van der Waals surface area contributed by atoms with E-state index in [2.05, 4.69) is 31.6 Å². The Labute approximate surface area is 130 Å². The van der Waals surface area contributed by atoms with E-state index < -0.39 is 0 Å². The SMILES string of the molecule is COCCNCc1ccc(N(C)Cc2csc(C)n2)nc1. The van der Waals surface area contributed by atoms with Crippen molar-refractivity contribution in [2.24, 2.45) is 0 Å². The summed E-state index contributed by atoms with van der Waals surface area (Å²) in [6, 6.07) is 4.15. The maximum absolute atomic E-state index is 5.00. The Balaban J connectivity index is 1.86. The first-order valence-electron chi connectivity index (χ1n) is 6.96. The van der Waals surface area contributed by atoms with Gasteiger partial charge in [-0.2, -0.15) is 0 Å². The third kappa shape index (κ3) is 5.08. The maximum atomic E-state index is 5.00. The number of hydrogen-bond acceptors (Lipinski definition) is 6.